The number of pyridine rings is 1. The van der Waals surface area contributed by atoms with Crippen LogP contribution in [0.4, 0.5) is 0 Å². The van der Waals surface area contributed by atoms with E-state index in [2.05, 4.69) is 102 Å². The molecule has 5 rings (SSSR count). The van der Waals surface area contributed by atoms with Crippen molar-refractivity contribution in [3.05, 3.63) is 97.1 Å². The van der Waals surface area contributed by atoms with E-state index in [1.165, 1.54) is 38.3 Å². The lowest BCUT2D eigenvalue weighted by Gasteiger charge is -2.07. The molecule has 112 valence electrons. The molecule has 0 atom stereocenters. The first-order chi connectivity index (χ1) is 11.9. The summed E-state index contributed by atoms with van der Waals surface area (Å²) in [4.78, 5) is 0. The van der Waals surface area contributed by atoms with E-state index in [9.17, 15) is 0 Å². The van der Waals surface area contributed by atoms with E-state index in [0.29, 0.717) is 0 Å². The standard InChI is InChI=1S/C23H16N/c1-2-11-21(12-3-1)24-22-13-7-6-10-19(22)15-20-14-17-8-4-5-9-18(17)16-23(20)24/h1-16H/q+1. The zero-order valence-electron chi connectivity index (χ0n) is 13.2. The number of hydrogen-bond acceptors (Lipinski definition) is 0. The maximum Gasteiger partial charge on any atom is 0.219 e. The van der Waals surface area contributed by atoms with Crippen molar-refractivity contribution in [1.82, 2.24) is 0 Å². The second-order valence-electron chi connectivity index (χ2n) is 6.13. The predicted octanol–water partition coefficient (Wildman–Crippen LogP) is 5.42. The third-order valence-corrected chi connectivity index (χ3v) is 4.64. The van der Waals surface area contributed by atoms with Crippen LogP contribution < -0.4 is 4.57 Å². The van der Waals surface area contributed by atoms with E-state index >= 15 is 0 Å². The van der Waals surface area contributed by atoms with Crippen LogP contribution in [0.1, 0.15) is 0 Å². The van der Waals surface area contributed by atoms with Crippen LogP contribution in [-0.4, -0.2) is 0 Å². The van der Waals surface area contributed by atoms with Gasteiger partial charge in [-0.3, -0.25) is 0 Å². The summed E-state index contributed by atoms with van der Waals surface area (Å²) in [6, 6.07) is 34.6. The number of nitrogens with zero attached hydrogens (tertiary/aromatic N) is 1. The summed E-state index contributed by atoms with van der Waals surface area (Å²) < 4.78 is 2.36. The highest BCUT2D eigenvalue weighted by atomic mass is 15.0. The minimum absolute atomic E-state index is 1.19. The third kappa shape index (κ3) is 1.99. The van der Waals surface area contributed by atoms with Crippen LogP contribution in [0.5, 0.6) is 0 Å². The highest BCUT2D eigenvalue weighted by Gasteiger charge is 2.18. The Balaban J connectivity index is 2.02. The Bertz CT molecular complexity index is 1180. The van der Waals surface area contributed by atoms with Gasteiger partial charge in [0.1, 0.15) is 0 Å². The van der Waals surface area contributed by atoms with Gasteiger partial charge < -0.3 is 0 Å². The molecule has 1 heteroatoms. The Morgan fingerprint density at radius 1 is 0.417 bits per heavy atom. The SMILES string of the molecule is c1ccc(-[n+]2c3ccccc3cc3cc4ccccc4cc32)cc1. The van der Waals surface area contributed by atoms with Gasteiger partial charge in [-0.2, -0.15) is 4.57 Å². The van der Waals surface area contributed by atoms with Crippen molar-refractivity contribution in [3.8, 4) is 5.69 Å². The van der Waals surface area contributed by atoms with Crippen molar-refractivity contribution in [3.63, 3.8) is 0 Å². The van der Waals surface area contributed by atoms with E-state index in [0.717, 1.165) is 0 Å². The Hall–Kier alpha value is -3.19. The van der Waals surface area contributed by atoms with Gasteiger partial charge in [0, 0.05) is 35.0 Å². The van der Waals surface area contributed by atoms with Crippen molar-refractivity contribution in [2.75, 3.05) is 0 Å². The van der Waals surface area contributed by atoms with E-state index in [1.54, 1.807) is 0 Å². The molecule has 0 radical (unpaired) electrons. The van der Waals surface area contributed by atoms with Gasteiger partial charge in [-0.05, 0) is 29.0 Å². The molecule has 0 aliphatic heterocycles. The molecule has 0 amide bonds. The summed E-state index contributed by atoms with van der Waals surface area (Å²) in [6.45, 7) is 0. The minimum atomic E-state index is 1.19. The second-order valence-corrected chi connectivity index (χ2v) is 6.13. The summed E-state index contributed by atoms with van der Waals surface area (Å²) in [5, 5.41) is 5.06. The second kappa shape index (κ2) is 5.17. The number of para-hydroxylation sites is 2. The first-order valence-corrected chi connectivity index (χ1v) is 8.22. The summed E-state index contributed by atoms with van der Waals surface area (Å²) in [6.07, 6.45) is 0. The third-order valence-electron chi connectivity index (χ3n) is 4.64. The molecule has 0 fully saturated rings. The fourth-order valence-electron chi connectivity index (χ4n) is 3.52. The first-order valence-electron chi connectivity index (χ1n) is 8.22. The van der Waals surface area contributed by atoms with Gasteiger partial charge >= 0.3 is 0 Å². The molecule has 0 unspecified atom stereocenters. The predicted molar refractivity (Wildman–Crippen MR) is 100 cm³/mol. The van der Waals surface area contributed by atoms with Crippen molar-refractivity contribution < 1.29 is 4.57 Å². The normalized spacial score (nSPS) is 11.3. The summed E-state index contributed by atoms with van der Waals surface area (Å²) in [5.41, 5.74) is 3.65. The van der Waals surface area contributed by atoms with Crippen LogP contribution in [0.2, 0.25) is 0 Å². The van der Waals surface area contributed by atoms with E-state index in [-0.39, 0.29) is 0 Å². The maximum atomic E-state index is 2.36. The summed E-state index contributed by atoms with van der Waals surface area (Å²) in [5.74, 6) is 0. The zero-order chi connectivity index (χ0) is 15.9. The van der Waals surface area contributed by atoms with Crippen LogP contribution in [-0.2, 0) is 0 Å². The van der Waals surface area contributed by atoms with E-state index in [1.807, 2.05) is 0 Å². The molecule has 1 heterocycles. The molecular weight excluding hydrogens is 290 g/mol. The van der Waals surface area contributed by atoms with Crippen molar-refractivity contribution in [1.29, 1.82) is 0 Å². The number of benzene rings is 4. The van der Waals surface area contributed by atoms with Crippen LogP contribution in [0, 0.1) is 0 Å². The van der Waals surface area contributed by atoms with Crippen LogP contribution >= 0.6 is 0 Å². The largest absolute Gasteiger partial charge is 0.219 e. The Kier molecular flexibility index (Phi) is 2.86. The van der Waals surface area contributed by atoms with Gasteiger partial charge in [0.05, 0.1) is 0 Å². The zero-order valence-corrected chi connectivity index (χ0v) is 13.2. The fraction of sp³-hybridized carbons (Fsp3) is 0. The summed E-state index contributed by atoms with van der Waals surface area (Å²) in [7, 11) is 0. The lowest BCUT2D eigenvalue weighted by Crippen LogP contribution is -2.32. The molecule has 0 saturated carbocycles. The fourth-order valence-corrected chi connectivity index (χ4v) is 3.52. The minimum Gasteiger partial charge on any atom is -0.153 e. The van der Waals surface area contributed by atoms with Crippen molar-refractivity contribution in [2.45, 2.75) is 0 Å². The highest BCUT2D eigenvalue weighted by molar-refractivity contribution is 5.98. The molecule has 5 aromatic rings. The van der Waals surface area contributed by atoms with Gasteiger partial charge in [0.25, 0.3) is 0 Å². The maximum absolute atomic E-state index is 2.36. The number of aromatic nitrogens is 1. The Labute approximate surface area is 140 Å². The Morgan fingerprint density at radius 2 is 1.00 bits per heavy atom. The van der Waals surface area contributed by atoms with Gasteiger partial charge in [-0.1, -0.05) is 54.6 Å². The molecule has 1 nitrogen and oxygen atoms in total. The molecular formula is C23H16N+. The molecule has 0 aliphatic rings. The smallest absolute Gasteiger partial charge is 0.153 e. The molecule has 0 N–H and O–H groups in total. The number of rotatable bonds is 1. The molecule has 0 saturated heterocycles. The molecule has 0 bridgehead atoms. The van der Waals surface area contributed by atoms with Gasteiger partial charge in [0.2, 0.25) is 16.7 Å². The quantitative estimate of drug-likeness (QED) is 0.287. The van der Waals surface area contributed by atoms with Crippen LogP contribution in [0.15, 0.2) is 97.1 Å². The number of fused-ring (bicyclic) bond motifs is 3. The number of hydrogen-bond donors (Lipinski definition) is 0. The Morgan fingerprint density at radius 3 is 1.79 bits per heavy atom. The monoisotopic (exact) mass is 306 g/mol. The van der Waals surface area contributed by atoms with Crippen LogP contribution in [0.25, 0.3) is 38.3 Å². The lowest BCUT2D eigenvalue weighted by molar-refractivity contribution is -0.537. The van der Waals surface area contributed by atoms with Crippen molar-refractivity contribution in [2.24, 2.45) is 0 Å². The molecule has 0 spiro atoms. The van der Waals surface area contributed by atoms with E-state index in [4.69, 9.17) is 0 Å². The molecule has 0 aliphatic carbocycles. The average Bonchev–Trinajstić information content (AvgIpc) is 2.65. The van der Waals surface area contributed by atoms with Crippen molar-refractivity contribution >= 4 is 32.6 Å². The van der Waals surface area contributed by atoms with Gasteiger partial charge in [-0.15, -0.1) is 0 Å². The highest BCUT2D eigenvalue weighted by Crippen LogP contribution is 2.25. The molecule has 4 aromatic carbocycles. The molecule has 24 heavy (non-hydrogen) atoms. The van der Waals surface area contributed by atoms with Crippen LogP contribution in [0.3, 0.4) is 0 Å². The topological polar surface area (TPSA) is 3.88 Å². The van der Waals surface area contributed by atoms with Gasteiger partial charge in [0.15, 0.2) is 0 Å². The summed E-state index contributed by atoms with van der Waals surface area (Å²) >= 11 is 0. The van der Waals surface area contributed by atoms with Gasteiger partial charge in [-0.25, -0.2) is 0 Å². The first kappa shape index (κ1) is 13.3. The lowest BCUT2D eigenvalue weighted by atomic mass is 10.0. The average molecular weight is 306 g/mol. The molecule has 1 aromatic heterocycles. The van der Waals surface area contributed by atoms with E-state index < -0.39 is 0 Å².